The Bertz CT molecular complexity index is 513. The summed E-state index contributed by atoms with van der Waals surface area (Å²) in [6.45, 7) is 10.6. The van der Waals surface area contributed by atoms with Crippen LogP contribution >= 0.6 is 11.3 Å². The van der Waals surface area contributed by atoms with Gasteiger partial charge in [0.15, 0.2) is 0 Å². The van der Waals surface area contributed by atoms with Gasteiger partial charge in [-0.1, -0.05) is 20.8 Å². The zero-order valence-electron chi connectivity index (χ0n) is 12.2. The predicted molar refractivity (Wildman–Crippen MR) is 81.6 cm³/mol. The molecule has 1 atom stereocenters. The monoisotopic (exact) mass is 277 g/mol. The summed E-state index contributed by atoms with van der Waals surface area (Å²) in [6, 6.07) is 2.65. The predicted octanol–water partition coefficient (Wildman–Crippen LogP) is 3.61. The lowest BCUT2D eigenvalue weighted by Gasteiger charge is -2.20. The van der Waals surface area contributed by atoms with Crippen LogP contribution in [0.2, 0.25) is 0 Å². The molecule has 1 N–H and O–H groups in total. The maximum Gasteiger partial charge on any atom is 0.113 e. The third-order valence-electron chi connectivity index (χ3n) is 3.21. The van der Waals surface area contributed by atoms with Crippen LogP contribution in [0, 0.1) is 12.8 Å². The van der Waals surface area contributed by atoms with Gasteiger partial charge >= 0.3 is 0 Å². The zero-order valence-corrected chi connectivity index (χ0v) is 13.0. The molecule has 104 valence electrons. The summed E-state index contributed by atoms with van der Waals surface area (Å²) in [5.74, 6) is 0.595. The first-order valence-corrected chi connectivity index (χ1v) is 7.78. The molecule has 0 radical (unpaired) electrons. The van der Waals surface area contributed by atoms with Crippen LogP contribution in [0.4, 0.5) is 0 Å². The van der Waals surface area contributed by atoms with Crippen molar-refractivity contribution in [2.45, 2.75) is 40.3 Å². The molecule has 0 aliphatic heterocycles. The Hall–Kier alpha value is -1.13. The molecule has 4 heteroatoms. The van der Waals surface area contributed by atoms with Crippen LogP contribution in [-0.4, -0.2) is 16.1 Å². The molecule has 2 aromatic rings. The Morgan fingerprint density at radius 2 is 2.21 bits per heavy atom. The van der Waals surface area contributed by atoms with Gasteiger partial charge in [0.1, 0.15) is 5.01 Å². The molecule has 2 heterocycles. The standard InChI is InChI=1S/C15H23N3S/c1-5-16-15(11(2)3)13-6-7-18(8-13)9-14-17-12(4)10-19-14/h6-8,10-11,15-16H,5,9H2,1-4H3. The molecule has 3 nitrogen and oxygen atoms in total. The summed E-state index contributed by atoms with van der Waals surface area (Å²) in [7, 11) is 0. The van der Waals surface area contributed by atoms with Crippen LogP contribution in [0.5, 0.6) is 0 Å². The SMILES string of the molecule is CCNC(c1ccn(Cc2nc(C)cs2)c1)C(C)C. The second-order valence-corrected chi connectivity index (χ2v) is 6.22. The van der Waals surface area contributed by atoms with E-state index in [0.29, 0.717) is 12.0 Å². The van der Waals surface area contributed by atoms with Gasteiger partial charge in [-0.3, -0.25) is 0 Å². The molecule has 2 rings (SSSR count). The van der Waals surface area contributed by atoms with Gasteiger partial charge in [0.2, 0.25) is 0 Å². The highest BCUT2D eigenvalue weighted by Crippen LogP contribution is 2.22. The molecule has 0 bridgehead atoms. The smallest absolute Gasteiger partial charge is 0.113 e. The van der Waals surface area contributed by atoms with Gasteiger partial charge in [-0.05, 0) is 31.0 Å². The van der Waals surface area contributed by atoms with E-state index in [0.717, 1.165) is 18.8 Å². The van der Waals surface area contributed by atoms with E-state index in [1.807, 2.05) is 6.92 Å². The van der Waals surface area contributed by atoms with Gasteiger partial charge in [-0.15, -0.1) is 11.3 Å². The molecule has 0 spiro atoms. The minimum absolute atomic E-state index is 0.435. The molecule has 0 aromatic carbocycles. The summed E-state index contributed by atoms with van der Waals surface area (Å²) < 4.78 is 2.22. The average Bonchev–Trinajstić information content (AvgIpc) is 2.96. The first-order chi connectivity index (χ1) is 9.10. The van der Waals surface area contributed by atoms with Crippen LogP contribution in [-0.2, 0) is 6.54 Å². The third kappa shape index (κ3) is 3.67. The number of rotatable bonds is 6. The molecule has 0 saturated heterocycles. The Balaban J connectivity index is 2.09. The van der Waals surface area contributed by atoms with Gasteiger partial charge in [0.25, 0.3) is 0 Å². The van der Waals surface area contributed by atoms with Crippen molar-refractivity contribution in [3.05, 3.63) is 40.1 Å². The molecule has 0 saturated carbocycles. The maximum atomic E-state index is 4.51. The van der Waals surface area contributed by atoms with Crippen molar-refractivity contribution >= 4 is 11.3 Å². The van der Waals surface area contributed by atoms with Crippen LogP contribution in [0.1, 0.15) is 43.1 Å². The minimum atomic E-state index is 0.435. The van der Waals surface area contributed by atoms with Crippen LogP contribution < -0.4 is 5.32 Å². The van der Waals surface area contributed by atoms with E-state index in [9.17, 15) is 0 Å². The first kappa shape index (κ1) is 14.3. The fraction of sp³-hybridized carbons (Fsp3) is 0.533. The molecule has 1 unspecified atom stereocenters. The number of hydrogen-bond donors (Lipinski definition) is 1. The van der Waals surface area contributed by atoms with Gasteiger partial charge in [0, 0.05) is 29.5 Å². The number of thiazole rings is 1. The Morgan fingerprint density at radius 3 is 2.79 bits per heavy atom. The second kappa shape index (κ2) is 6.35. The molecule has 0 amide bonds. The fourth-order valence-corrected chi connectivity index (χ4v) is 3.11. The van der Waals surface area contributed by atoms with Crippen molar-refractivity contribution < 1.29 is 0 Å². The van der Waals surface area contributed by atoms with Gasteiger partial charge in [-0.25, -0.2) is 4.98 Å². The summed E-state index contributed by atoms with van der Waals surface area (Å²) in [5, 5.41) is 6.83. The number of hydrogen-bond acceptors (Lipinski definition) is 3. The van der Waals surface area contributed by atoms with E-state index >= 15 is 0 Å². The van der Waals surface area contributed by atoms with Crippen LogP contribution in [0.3, 0.4) is 0 Å². The third-order valence-corrected chi connectivity index (χ3v) is 4.16. The number of nitrogens with one attached hydrogen (secondary N) is 1. The van der Waals surface area contributed by atoms with Gasteiger partial charge in [0.05, 0.1) is 6.54 Å². The molecule has 2 aromatic heterocycles. The van der Waals surface area contributed by atoms with Crippen molar-refractivity contribution in [2.24, 2.45) is 5.92 Å². The van der Waals surface area contributed by atoms with Crippen molar-refractivity contribution in [1.29, 1.82) is 0 Å². The molecular formula is C15H23N3S. The van der Waals surface area contributed by atoms with Crippen molar-refractivity contribution in [3.8, 4) is 0 Å². The summed E-state index contributed by atoms with van der Waals surface area (Å²) >= 11 is 1.73. The van der Waals surface area contributed by atoms with E-state index in [1.165, 1.54) is 10.6 Å². The fourth-order valence-electron chi connectivity index (χ4n) is 2.33. The lowest BCUT2D eigenvalue weighted by Crippen LogP contribution is -2.25. The van der Waals surface area contributed by atoms with E-state index in [4.69, 9.17) is 0 Å². The van der Waals surface area contributed by atoms with E-state index in [-0.39, 0.29) is 0 Å². The number of nitrogens with zero attached hydrogens (tertiary/aromatic N) is 2. The summed E-state index contributed by atoms with van der Waals surface area (Å²) in [4.78, 5) is 4.51. The first-order valence-electron chi connectivity index (χ1n) is 6.90. The zero-order chi connectivity index (χ0) is 13.8. The summed E-state index contributed by atoms with van der Waals surface area (Å²) in [5.41, 5.74) is 2.48. The van der Waals surface area contributed by atoms with E-state index in [2.05, 4.69) is 59.5 Å². The minimum Gasteiger partial charge on any atom is -0.347 e. The Labute approximate surface area is 119 Å². The number of aromatic nitrogens is 2. The molecule has 0 aliphatic rings. The van der Waals surface area contributed by atoms with Crippen molar-refractivity contribution in [1.82, 2.24) is 14.9 Å². The average molecular weight is 277 g/mol. The largest absolute Gasteiger partial charge is 0.347 e. The topological polar surface area (TPSA) is 29.9 Å². The van der Waals surface area contributed by atoms with Gasteiger partial charge < -0.3 is 9.88 Å². The highest BCUT2D eigenvalue weighted by molar-refractivity contribution is 7.09. The highest BCUT2D eigenvalue weighted by atomic mass is 32.1. The van der Waals surface area contributed by atoms with Gasteiger partial charge in [-0.2, -0.15) is 0 Å². The quantitative estimate of drug-likeness (QED) is 0.874. The van der Waals surface area contributed by atoms with E-state index < -0.39 is 0 Å². The Kier molecular flexibility index (Phi) is 4.77. The summed E-state index contributed by atoms with van der Waals surface area (Å²) in [6.07, 6.45) is 4.39. The molecule has 19 heavy (non-hydrogen) atoms. The normalized spacial score (nSPS) is 13.1. The van der Waals surface area contributed by atoms with Crippen LogP contribution in [0.25, 0.3) is 0 Å². The molecule has 0 aliphatic carbocycles. The molecular weight excluding hydrogens is 254 g/mol. The second-order valence-electron chi connectivity index (χ2n) is 5.28. The maximum absolute atomic E-state index is 4.51. The lowest BCUT2D eigenvalue weighted by molar-refractivity contribution is 0.421. The number of aryl methyl sites for hydroxylation is 1. The van der Waals surface area contributed by atoms with E-state index in [1.54, 1.807) is 11.3 Å². The van der Waals surface area contributed by atoms with Crippen molar-refractivity contribution in [3.63, 3.8) is 0 Å². The van der Waals surface area contributed by atoms with Crippen molar-refractivity contribution in [2.75, 3.05) is 6.54 Å². The molecule has 0 fully saturated rings. The van der Waals surface area contributed by atoms with Crippen LogP contribution in [0.15, 0.2) is 23.8 Å². The Morgan fingerprint density at radius 1 is 1.42 bits per heavy atom. The highest BCUT2D eigenvalue weighted by Gasteiger charge is 2.15. The lowest BCUT2D eigenvalue weighted by atomic mass is 9.98.